The molecule has 1 saturated heterocycles. The van der Waals surface area contributed by atoms with Gasteiger partial charge >= 0.3 is 5.97 Å². The number of hydrogen-bond acceptors (Lipinski definition) is 7. The molecule has 29 heavy (non-hydrogen) atoms. The second-order valence-corrected chi connectivity index (χ2v) is 8.83. The number of morpholine rings is 1. The van der Waals surface area contributed by atoms with E-state index in [1.165, 1.54) is 35.7 Å². The maximum Gasteiger partial charge on any atom is 0.338 e. The molecule has 1 aliphatic heterocycles. The number of methoxy groups -OCH3 is 1. The number of benzene rings is 1. The first-order valence-electron chi connectivity index (χ1n) is 9.21. The summed E-state index contributed by atoms with van der Waals surface area (Å²) in [6.45, 7) is 4.23. The molecule has 1 fully saturated rings. The molecule has 0 saturated carbocycles. The van der Waals surface area contributed by atoms with E-state index < -0.39 is 16.0 Å². The molecule has 0 bridgehead atoms. The third-order valence-electron chi connectivity index (χ3n) is 4.47. The minimum Gasteiger partial charge on any atom is -0.481 e. The molecule has 9 heteroatoms. The summed E-state index contributed by atoms with van der Waals surface area (Å²) in [4.78, 5) is 16.5. The third kappa shape index (κ3) is 5.11. The molecular formula is C20H24N2O6S. The molecular weight excluding hydrogens is 396 g/mol. The first-order chi connectivity index (χ1) is 13.8. The largest absolute Gasteiger partial charge is 0.481 e. The molecule has 1 aromatic carbocycles. The highest BCUT2D eigenvalue weighted by Crippen LogP contribution is 2.22. The van der Waals surface area contributed by atoms with Gasteiger partial charge < -0.3 is 14.2 Å². The molecule has 2 atom stereocenters. The van der Waals surface area contributed by atoms with Gasteiger partial charge in [0, 0.05) is 30.9 Å². The van der Waals surface area contributed by atoms with Crippen LogP contribution in [0, 0.1) is 0 Å². The molecule has 0 spiro atoms. The van der Waals surface area contributed by atoms with Gasteiger partial charge in [0.25, 0.3) is 0 Å². The maximum atomic E-state index is 13.0. The van der Waals surface area contributed by atoms with E-state index >= 15 is 0 Å². The molecule has 2 aromatic rings. The van der Waals surface area contributed by atoms with Gasteiger partial charge in [0.1, 0.15) is 6.61 Å². The Morgan fingerprint density at radius 3 is 2.55 bits per heavy atom. The Kier molecular flexibility index (Phi) is 6.51. The molecule has 8 nitrogen and oxygen atoms in total. The predicted octanol–water partition coefficient (Wildman–Crippen LogP) is 2.25. The zero-order valence-corrected chi connectivity index (χ0v) is 17.4. The van der Waals surface area contributed by atoms with Crippen LogP contribution in [0.1, 0.15) is 29.8 Å². The summed E-state index contributed by atoms with van der Waals surface area (Å²) in [5, 5.41) is 0. The van der Waals surface area contributed by atoms with E-state index in [9.17, 15) is 13.2 Å². The van der Waals surface area contributed by atoms with Crippen molar-refractivity contribution < 1.29 is 27.4 Å². The fourth-order valence-corrected chi connectivity index (χ4v) is 4.75. The van der Waals surface area contributed by atoms with Gasteiger partial charge in [-0.1, -0.05) is 6.07 Å². The monoisotopic (exact) mass is 420 g/mol. The number of esters is 1. The molecule has 2 heterocycles. The van der Waals surface area contributed by atoms with E-state index in [1.807, 2.05) is 13.8 Å². The number of hydrogen-bond donors (Lipinski definition) is 0. The van der Waals surface area contributed by atoms with Gasteiger partial charge in [-0.2, -0.15) is 4.31 Å². The van der Waals surface area contributed by atoms with Crippen molar-refractivity contribution in [1.29, 1.82) is 0 Å². The van der Waals surface area contributed by atoms with Crippen molar-refractivity contribution in [3.8, 4) is 5.88 Å². The second kappa shape index (κ2) is 8.89. The molecule has 0 amide bonds. The molecule has 0 N–H and O–H groups in total. The topological polar surface area (TPSA) is 95.0 Å². The van der Waals surface area contributed by atoms with Crippen molar-refractivity contribution in [2.24, 2.45) is 0 Å². The fraction of sp³-hybridized carbons (Fsp3) is 0.400. The number of nitrogens with zero attached hydrogens (tertiary/aromatic N) is 2. The van der Waals surface area contributed by atoms with Crippen LogP contribution >= 0.6 is 0 Å². The second-order valence-electron chi connectivity index (χ2n) is 6.89. The van der Waals surface area contributed by atoms with Gasteiger partial charge in [-0.15, -0.1) is 0 Å². The normalized spacial score (nSPS) is 20.2. The van der Waals surface area contributed by atoms with Crippen LogP contribution in [-0.2, 0) is 26.1 Å². The number of carbonyl (C=O) groups excluding carboxylic acids is 1. The lowest BCUT2D eigenvalue weighted by atomic mass is 10.2. The Morgan fingerprint density at radius 2 is 1.93 bits per heavy atom. The number of pyridine rings is 1. The summed E-state index contributed by atoms with van der Waals surface area (Å²) in [6.07, 6.45) is 1.16. The van der Waals surface area contributed by atoms with Crippen molar-refractivity contribution in [2.45, 2.75) is 37.6 Å². The summed E-state index contributed by atoms with van der Waals surface area (Å²) >= 11 is 0. The quantitative estimate of drug-likeness (QED) is 0.662. The van der Waals surface area contributed by atoms with Crippen molar-refractivity contribution in [3.05, 3.63) is 53.7 Å². The Hall–Kier alpha value is -2.49. The SMILES string of the molecule is COc1ccc(COC(=O)c2cccc(S(=O)(=O)N3C[C@@H](C)O[C@@H](C)C3)c2)cn1. The van der Waals surface area contributed by atoms with E-state index in [4.69, 9.17) is 14.2 Å². The van der Waals surface area contributed by atoms with Crippen LogP contribution in [0.25, 0.3) is 0 Å². The number of aromatic nitrogens is 1. The van der Waals surface area contributed by atoms with Crippen LogP contribution in [0.15, 0.2) is 47.5 Å². The van der Waals surface area contributed by atoms with E-state index in [2.05, 4.69) is 4.98 Å². The van der Waals surface area contributed by atoms with Crippen LogP contribution < -0.4 is 4.74 Å². The lowest BCUT2D eigenvalue weighted by Crippen LogP contribution is -2.48. The van der Waals surface area contributed by atoms with Crippen LogP contribution in [-0.4, -0.2) is 56.1 Å². The molecule has 0 unspecified atom stereocenters. The Labute approximate surface area is 170 Å². The number of ether oxygens (including phenoxy) is 3. The predicted molar refractivity (Wildman–Crippen MR) is 105 cm³/mol. The van der Waals surface area contributed by atoms with Crippen LogP contribution in [0.2, 0.25) is 0 Å². The first-order valence-corrected chi connectivity index (χ1v) is 10.7. The van der Waals surface area contributed by atoms with Gasteiger partial charge in [-0.3, -0.25) is 0 Å². The highest BCUT2D eigenvalue weighted by molar-refractivity contribution is 7.89. The smallest absolute Gasteiger partial charge is 0.338 e. The summed E-state index contributed by atoms with van der Waals surface area (Å²) in [6, 6.07) is 9.28. The Morgan fingerprint density at radius 1 is 1.21 bits per heavy atom. The highest BCUT2D eigenvalue weighted by atomic mass is 32.2. The molecule has 156 valence electrons. The lowest BCUT2D eigenvalue weighted by Gasteiger charge is -2.34. The van der Waals surface area contributed by atoms with Crippen LogP contribution in [0.3, 0.4) is 0 Å². The minimum absolute atomic E-state index is 0.0191. The summed E-state index contributed by atoms with van der Waals surface area (Å²) in [5.41, 5.74) is 0.862. The zero-order chi connectivity index (χ0) is 21.0. The highest BCUT2D eigenvalue weighted by Gasteiger charge is 2.32. The van der Waals surface area contributed by atoms with E-state index in [-0.39, 0.29) is 42.4 Å². The van der Waals surface area contributed by atoms with Gasteiger partial charge in [-0.05, 0) is 38.1 Å². The molecule has 0 aliphatic carbocycles. The molecule has 3 rings (SSSR count). The van der Waals surface area contributed by atoms with Crippen molar-refractivity contribution >= 4 is 16.0 Å². The number of rotatable bonds is 6. The van der Waals surface area contributed by atoms with Gasteiger partial charge in [0.05, 0.1) is 29.8 Å². The number of carbonyl (C=O) groups is 1. The summed E-state index contributed by atoms with van der Waals surface area (Å²) in [5.74, 6) is -0.147. The molecule has 1 aromatic heterocycles. The van der Waals surface area contributed by atoms with Crippen molar-refractivity contribution in [1.82, 2.24) is 9.29 Å². The fourth-order valence-electron chi connectivity index (χ4n) is 3.11. The van der Waals surface area contributed by atoms with E-state index in [0.29, 0.717) is 11.4 Å². The van der Waals surface area contributed by atoms with Crippen molar-refractivity contribution in [3.63, 3.8) is 0 Å². The lowest BCUT2D eigenvalue weighted by molar-refractivity contribution is -0.0440. The molecule has 1 aliphatic rings. The molecule has 0 radical (unpaired) electrons. The van der Waals surface area contributed by atoms with Crippen LogP contribution in [0.4, 0.5) is 0 Å². The number of sulfonamides is 1. The first kappa shape index (κ1) is 21.2. The van der Waals surface area contributed by atoms with Gasteiger partial charge in [0.2, 0.25) is 15.9 Å². The summed E-state index contributed by atoms with van der Waals surface area (Å²) in [7, 11) is -2.22. The van der Waals surface area contributed by atoms with E-state index in [1.54, 1.807) is 18.3 Å². The van der Waals surface area contributed by atoms with Gasteiger partial charge in [-0.25, -0.2) is 18.2 Å². The van der Waals surface area contributed by atoms with Gasteiger partial charge in [0.15, 0.2) is 0 Å². The average molecular weight is 420 g/mol. The summed E-state index contributed by atoms with van der Waals surface area (Å²) < 4.78 is 43.2. The maximum absolute atomic E-state index is 13.0. The van der Waals surface area contributed by atoms with Crippen LogP contribution in [0.5, 0.6) is 5.88 Å². The Bertz CT molecular complexity index is 951. The van der Waals surface area contributed by atoms with Crippen molar-refractivity contribution in [2.75, 3.05) is 20.2 Å². The zero-order valence-electron chi connectivity index (χ0n) is 16.6. The standard InChI is InChI=1S/C20H24N2O6S/c1-14-11-22(12-15(2)28-14)29(24,25)18-6-4-5-17(9-18)20(23)27-13-16-7-8-19(26-3)21-10-16/h4-10,14-15H,11-13H2,1-3H3/t14-,15+. The Balaban J connectivity index is 1.71. The minimum atomic E-state index is -3.74. The van der Waals surface area contributed by atoms with E-state index in [0.717, 1.165) is 0 Å². The third-order valence-corrected chi connectivity index (χ3v) is 6.30. The average Bonchev–Trinajstić information content (AvgIpc) is 2.71.